The maximum absolute atomic E-state index is 14.5. The monoisotopic (exact) mass is 583 g/mol. The Morgan fingerprint density at radius 1 is 1.07 bits per heavy atom. The number of hydrogen-bond donors (Lipinski definition) is 3. The van der Waals surface area contributed by atoms with Crippen LogP contribution in [-0.2, 0) is 23.9 Å². The zero-order valence-corrected chi connectivity index (χ0v) is 25.5. The average molecular weight is 584 g/mol. The quantitative estimate of drug-likeness (QED) is 0.327. The molecule has 9 heteroatoms. The van der Waals surface area contributed by atoms with E-state index in [1.807, 2.05) is 20.8 Å². The predicted molar refractivity (Wildman–Crippen MR) is 155 cm³/mol. The third-order valence-corrected chi connectivity index (χ3v) is 10.6. The van der Waals surface area contributed by atoms with E-state index in [-0.39, 0.29) is 42.6 Å². The number of esters is 2. The van der Waals surface area contributed by atoms with Crippen molar-refractivity contribution in [3.8, 4) is 0 Å². The van der Waals surface area contributed by atoms with Crippen LogP contribution in [0, 0.1) is 34.5 Å². The summed E-state index contributed by atoms with van der Waals surface area (Å²) in [7, 11) is 0. The van der Waals surface area contributed by atoms with Crippen LogP contribution in [0.1, 0.15) is 77.6 Å². The minimum atomic E-state index is -1.60. The van der Waals surface area contributed by atoms with Gasteiger partial charge < -0.3 is 25.0 Å². The summed E-state index contributed by atoms with van der Waals surface area (Å²) in [6, 6.07) is 8.47. The lowest BCUT2D eigenvalue weighted by Gasteiger charge is -2.57. The van der Waals surface area contributed by atoms with Gasteiger partial charge >= 0.3 is 11.9 Å². The molecule has 1 amide bonds. The van der Waals surface area contributed by atoms with Gasteiger partial charge in [0.2, 0.25) is 0 Å². The molecule has 1 aromatic carbocycles. The molecule has 0 saturated heterocycles. The first kappa shape index (κ1) is 31.9. The first-order chi connectivity index (χ1) is 19.7. The molecule has 1 aromatic rings. The Balaban J connectivity index is 1.65. The second-order valence-corrected chi connectivity index (χ2v) is 13.2. The Morgan fingerprint density at radius 3 is 2.36 bits per heavy atom. The van der Waals surface area contributed by atoms with Gasteiger partial charge in [0.05, 0.1) is 6.54 Å². The highest BCUT2D eigenvalue weighted by atomic mass is 16.6. The van der Waals surface area contributed by atoms with Gasteiger partial charge in [0, 0.05) is 24.5 Å². The summed E-state index contributed by atoms with van der Waals surface area (Å²) in [4.78, 5) is 52.3. The van der Waals surface area contributed by atoms with Crippen molar-refractivity contribution in [3.05, 3.63) is 47.0 Å². The van der Waals surface area contributed by atoms with Crippen molar-refractivity contribution in [1.29, 1.82) is 0 Å². The van der Waals surface area contributed by atoms with Crippen LogP contribution >= 0.6 is 0 Å². The van der Waals surface area contributed by atoms with Crippen molar-refractivity contribution in [2.75, 3.05) is 13.2 Å². The van der Waals surface area contributed by atoms with Crippen LogP contribution in [0.25, 0.3) is 0 Å². The maximum atomic E-state index is 14.5. The second-order valence-electron chi connectivity index (χ2n) is 13.2. The number of ether oxygens (including phenoxy) is 2. The van der Waals surface area contributed by atoms with Gasteiger partial charge in [-0.05, 0) is 85.0 Å². The van der Waals surface area contributed by atoms with E-state index >= 15 is 0 Å². The molecule has 230 valence electrons. The number of aliphatic hydroxyl groups excluding tert-OH is 2. The molecule has 0 aromatic heterocycles. The van der Waals surface area contributed by atoms with Crippen molar-refractivity contribution < 1.29 is 38.9 Å². The van der Waals surface area contributed by atoms with Crippen molar-refractivity contribution >= 4 is 23.6 Å². The maximum Gasteiger partial charge on any atom is 0.337 e. The lowest BCUT2D eigenvalue weighted by Crippen LogP contribution is -2.59. The van der Waals surface area contributed by atoms with Gasteiger partial charge in [-0.15, -0.1) is 0 Å². The van der Waals surface area contributed by atoms with E-state index in [2.05, 4.69) is 12.2 Å². The van der Waals surface area contributed by atoms with Gasteiger partial charge in [-0.3, -0.25) is 14.4 Å². The topological polar surface area (TPSA) is 139 Å². The molecular formula is C33H45NO8. The largest absolute Gasteiger partial charge is 0.456 e. The van der Waals surface area contributed by atoms with E-state index in [9.17, 15) is 29.4 Å². The predicted octanol–water partition coefficient (Wildman–Crippen LogP) is 3.62. The van der Waals surface area contributed by atoms with Gasteiger partial charge in [-0.25, -0.2) is 4.79 Å². The fourth-order valence-electron chi connectivity index (χ4n) is 7.79. The van der Waals surface area contributed by atoms with E-state index in [0.717, 1.165) is 12.8 Å². The molecule has 0 radical (unpaired) electrons. The summed E-state index contributed by atoms with van der Waals surface area (Å²) in [5.41, 5.74) is 0.311. The van der Waals surface area contributed by atoms with E-state index < -0.39 is 47.0 Å². The molecule has 0 heterocycles. The standard InChI is InChI=1S/C33H45NO8/c1-18-12-13-22(17-35)24-14-23-15-26(42-31(40)25(37)16-34-30(39)21-10-8-7-9-11-21)19(2)27(32(23,4)5)28(41-20(3)36)29(38)33(18,24)6/h7-11,18,22-26,28,35,37H,12-17H2,1-6H3,(H,34,39)/t18-,22?,23?,24+,25+,26-,28?,33+/m0/s1. The molecule has 8 atom stereocenters. The van der Waals surface area contributed by atoms with Crippen LogP contribution in [0.4, 0.5) is 0 Å². The zero-order chi connectivity index (χ0) is 31.0. The summed E-state index contributed by atoms with van der Waals surface area (Å²) in [6.07, 6.45) is -0.810. The van der Waals surface area contributed by atoms with Gasteiger partial charge in [0.1, 0.15) is 6.10 Å². The number of fused-ring (bicyclic) bond motifs is 3. The molecule has 0 aliphatic heterocycles. The molecule has 9 nitrogen and oxygen atoms in total. The first-order valence-electron chi connectivity index (χ1n) is 15.0. The Kier molecular flexibility index (Phi) is 9.33. The smallest absolute Gasteiger partial charge is 0.337 e. The van der Waals surface area contributed by atoms with Crippen LogP contribution < -0.4 is 5.32 Å². The van der Waals surface area contributed by atoms with Crippen molar-refractivity contribution in [3.63, 3.8) is 0 Å². The number of ketones is 1. The number of benzene rings is 1. The molecule has 0 spiro atoms. The highest BCUT2D eigenvalue weighted by Gasteiger charge is 2.60. The van der Waals surface area contributed by atoms with Crippen LogP contribution in [0.2, 0.25) is 0 Å². The molecule has 3 unspecified atom stereocenters. The molecule has 2 saturated carbocycles. The summed E-state index contributed by atoms with van der Waals surface area (Å²) < 4.78 is 11.7. The first-order valence-corrected chi connectivity index (χ1v) is 15.0. The van der Waals surface area contributed by atoms with E-state index in [1.54, 1.807) is 37.3 Å². The average Bonchev–Trinajstić information content (AvgIpc) is 2.95. The molecule has 2 bridgehead atoms. The van der Waals surface area contributed by atoms with E-state index in [0.29, 0.717) is 29.6 Å². The van der Waals surface area contributed by atoms with E-state index in [1.165, 1.54) is 6.92 Å². The lowest BCUT2D eigenvalue weighted by atomic mass is 9.48. The number of rotatable bonds is 7. The minimum absolute atomic E-state index is 0.0350. The number of carbonyl (C=O) groups excluding carboxylic acids is 4. The van der Waals surface area contributed by atoms with Crippen molar-refractivity contribution in [2.45, 2.75) is 85.5 Å². The number of hydrogen-bond acceptors (Lipinski definition) is 8. The van der Waals surface area contributed by atoms with Gasteiger partial charge in [0.15, 0.2) is 18.0 Å². The third-order valence-electron chi connectivity index (χ3n) is 10.6. The summed E-state index contributed by atoms with van der Waals surface area (Å²) in [6.45, 7) is 10.8. The zero-order valence-electron chi connectivity index (χ0n) is 25.5. The van der Waals surface area contributed by atoms with Gasteiger partial charge in [0.25, 0.3) is 5.91 Å². The second kappa shape index (κ2) is 12.3. The van der Waals surface area contributed by atoms with Gasteiger partial charge in [-0.1, -0.05) is 45.9 Å². The van der Waals surface area contributed by atoms with E-state index in [4.69, 9.17) is 9.47 Å². The molecule has 4 rings (SSSR count). The molecule has 3 aliphatic rings. The van der Waals surface area contributed by atoms with Crippen molar-refractivity contribution in [1.82, 2.24) is 5.32 Å². The Bertz CT molecular complexity index is 1240. The van der Waals surface area contributed by atoms with Gasteiger partial charge in [-0.2, -0.15) is 0 Å². The Hall–Kier alpha value is -3.04. The Morgan fingerprint density at radius 2 is 1.74 bits per heavy atom. The molecule has 3 N–H and O–H groups in total. The molecule has 42 heavy (non-hydrogen) atoms. The number of aliphatic hydroxyl groups is 2. The fraction of sp³-hybridized carbons (Fsp3) is 0.636. The SMILES string of the molecule is CC(=O)OC1C(=O)[C@@]2(C)[C@H](CC3C[C@H](OC(=O)[C@H](O)CNC(=O)c4ccccc4)C(C)=C1C3(C)C)C(CO)CC[C@@H]2C. The lowest BCUT2D eigenvalue weighted by molar-refractivity contribution is -0.168. The van der Waals surface area contributed by atoms with Crippen LogP contribution in [0.3, 0.4) is 0 Å². The number of nitrogens with one attached hydrogen (secondary N) is 1. The van der Waals surface area contributed by atoms with Crippen LogP contribution in [0.5, 0.6) is 0 Å². The normalized spacial score (nSPS) is 33.0. The number of Topliss-reactive ketones (excluding diaryl/α,β-unsaturated/α-hetero) is 1. The van der Waals surface area contributed by atoms with Crippen LogP contribution in [-0.4, -0.2) is 65.3 Å². The third kappa shape index (κ3) is 5.78. The van der Waals surface area contributed by atoms with Crippen LogP contribution in [0.15, 0.2) is 41.5 Å². The number of amides is 1. The fourth-order valence-corrected chi connectivity index (χ4v) is 7.79. The highest BCUT2D eigenvalue weighted by molar-refractivity contribution is 5.95. The Labute approximate surface area is 248 Å². The molecule has 2 fully saturated rings. The summed E-state index contributed by atoms with van der Waals surface area (Å²) >= 11 is 0. The summed E-state index contributed by atoms with van der Waals surface area (Å²) in [5.74, 6) is -2.30. The molecular weight excluding hydrogens is 538 g/mol. The number of carbonyl (C=O) groups is 4. The minimum Gasteiger partial charge on any atom is -0.456 e. The summed E-state index contributed by atoms with van der Waals surface area (Å²) in [5, 5.41) is 23.5. The highest BCUT2D eigenvalue weighted by Crippen LogP contribution is 2.59. The molecule has 3 aliphatic carbocycles. The van der Waals surface area contributed by atoms with Crippen molar-refractivity contribution in [2.24, 2.45) is 34.5 Å².